The molecule has 3 heterocycles. The number of hydrogen-bond acceptors (Lipinski definition) is 5. The van der Waals surface area contributed by atoms with E-state index in [4.69, 9.17) is 4.74 Å². The summed E-state index contributed by atoms with van der Waals surface area (Å²) in [5, 5.41) is 3.51. The second-order valence-corrected chi connectivity index (χ2v) is 9.40. The summed E-state index contributed by atoms with van der Waals surface area (Å²) >= 11 is 0. The number of rotatable bonds is 2. The monoisotopic (exact) mass is 418 g/mol. The number of nitrogens with zero attached hydrogens (tertiary/aromatic N) is 3. The predicted octanol–water partition coefficient (Wildman–Crippen LogP) is 4.33. The van der Waals surface area contributed by atoms with Gasteiger partial charge in [0.1, 0.15) is 5.82 Å². The Bertz CT molecular complexity index is 987. The Balaban J connectivity index is 1.39. The second-order valence-electron chi connectivity index (χ2n) is 9.40. The number of hydrogen-bond donors (Lipinski definition) is 1. The number of aromatic nitrogens is 1. The highest BCUT2D eigenvalue weighted by molar-refractivity contribution is 6.00. The summed E-state index contributed by atoms with van der Waals surface area (Å²) in [7, 11) is 0. The van der Waals surface area contributed by atoms with Crippen molar-refractivity contribution in [1.82, 2.24) is 4.98 Å². The van der Waals surface area contributed by atoms with Gasteiger partial charge in [0, 0.05) is 36.5 Å². The average molecular weight is 419 g/mol. The van der Waals surface area contributed by atoms with Crippen LogP contribution in [0.2, 0.25) is 0 Å². The van der Waals surface area contributed by atoms with E-state index in [0.29, 0.717) is 18.4 Å². The summed E-state index contributed by atoms with van der Waals surface area (Å²) in [6, 6.07) is 10.5. The number of carbonyl (C=O) groups is 1. The summed E-state index contributed by atoms with van der Waals surface area (Å²) in [6.07, 6.45) is 7.87. The maximum Gasteiger partial charge on any atom is 0.230 e. The lowest BCUT2D eigenvalue weighted by Gasteiger charge is -2.32. The Hall–Kier alpha value is -2.60. The summed E-state index contributed by atoms with van der Waals surface area (Å²) in [4.78, 5) is 23.0. The third-order valence-corrected chi connectivity index (χ3v) is 7.79. The molecule has 2 saturated carbocycles. The molecule has 2 aliphatic heterocycles. The highest BCUT2D eigenvalue weighted by Crippen LogP contribution is 2.49. The smallest absolute Gasteiger partial charge is 0.230 e. The topological polar surface area (TPSA) is 57.7 Å². The van der Waals surface area contributed by atoms with Gasteiger partial charge < -0.3 is 19.9 Å². The van der Waals surface area contributed by atoms with E-state index in [0.717, 1.165) is 67.1 Å². The number of morpholine rings is 1. The maximum atomic E-state index is 14.0. The molecule has 31 heavy (non-hydrogen) atoms. The van der Waals surface area contributed by atoms with Gasteiger partial charge in [0.05, 0.1) is 31.1 Å². The minimum Gasteiger partial charge on any atom is -0.378 e. The molecule has 0 radical (unpaired) electrons. The van der Waals surface area contributed by atoms with E-state index < -0.39 is 0 Å². The number of pyridine rings is 1. The van der Waals surface area contributed by atoms with Crippen molar-refractivity contribution in [2.24, 2.45) is 17.8 Å². The van der Waals surface area contributed by atoms with Gasteiger partial charge in [-0.3, -0.25) is 4.79 Å². The molecule has 4 aliphatic rings. The number of anilines is 4. The Morgan fingerprint density at radius 3 is 2.90 bits per heavy atom. The standard InChI is InChI=1S/C25H30N4O2/c30-25(21-8-6-17-3-1-5-20(17)21)29-16-18-4-2-10-26-24(18)27-22-9-7-19(15-23(22)29)28-11-13-31-14-12-28/h2,4,7,9-10,15,17,20-21H,1,3,5-6,8,11-14,16H2,(H,26,27)/t17-,20-,21-/m0/s1. The van der Waals surface area contributed by atoms with Crippen molar-refractivity contribution in [3.05, 3.63) is 42.1 Å². The fraction of sp³-hybridized carbons (Fsp3) is 0.520. The van der Waals surface area contributed by atoms with Gasteiger partial charge in [-0.25, -0.2) is 4.98 Å². The first-order chi connectivity index (χ1) is 15.3. The van der Waals surface area contributed by atoms with Crippen molar-refractivity contribution >= 4 is 28.8 Å². The average Bonchev–Trinajstić information content (AvgIpc) is 3.39. The summed E-state index contributed by atoms with van der Waals surface area (Å²) in [5.41, 5.74) is 4.17. The highest BCUT2D eigenvalue weighted by Gasteiger charge is 2.44. The Morgan fingerprint density at radius 1 is 1.10 bits per heavy atom. The molecule has 1 amide bonds. The zero-order chi connectivity index (χ0) is 20.8. The van der Waals surface area contributed by atoms with Crippen LogP contribution in [-0.4, -0.2) is 37.2 Å². The van der Waals surface area contributed by atoms with Crippen molar-refractivity contribution < 1.29 is 9.53 Å². The van der Waals surface area contributed by atoms with Gasteiger partial charge in [-0.1, -0.05) is 18.9 Å². The zero-order valence-corrected chi connectivity index (χ0v) is 17.9. The number of nitrogens with one attached hydrogen (secondary N) is 1. The predicted molar refractivity (Wildman–Crippen MR) is 122 cm³/mol. The van der Waals surface area contributed by atoms with Crippen molar-refractivity contribution in [3.63, 3.8) is 0 Å². The molecule has 2 aliphatic carbocycles. The van der Waals surface area contributed by atoms with Gasteiger partial charge in [0.2, 0.25) is 5.91 Å². The molecular weight excluding hydrogens is 388 g/mol. The van der Waals surface area contributed by atoms with E-state index in [9.17, 15) is 4.79 Å². The van der Waals surface area contributed by atoms with E-state index in [1.807, 2.05) is 17.2 Å². The minimum absolute atomic E-state index is 0.158. The number of amides is 1. The summed E-state index contributed by atoms with van der Waals surface area (Å²) in [6.45, 7) is 3.84. The molecule has 6 nitrogen and oxygen atoms in total. The van der Waals surface area contributed by atoms with Crippen molar-refractivity contribution in [2.45, 2.75) is 38.6 Å². The first-order valence-electron chi connectivity index (χ1n) is 11.8. The van der Waals surface area contributed by atoms with Crippen LogP contribution in [0, 0.1) is 17.8 Å². The highest BCUT2D eigenvalue weighted by atomic mass is 16.5. The molecule has 1 aromatic carbocycles. The third-order valence-electron chi connectivity index (χ3n) is 7.79. The first-order valence-corrected chi connectivity index (χ1v) is 11.8. The van der Waals surface area contributed by atoms with E-state index in [2.05, 4.69) is 39.5 Å². The van der Waals surface area contributed by atoms with Crippen LogP contribution in [0.3, 0.4) is 0 Å². The second kappa shape index (κ2) is 7.83. The minimum atomic E-state index is 0.158. The molecule has 0 spiro atoms. The lowest BCUT2D eigenvalue weighted by molar-refractivity contribution is -0.123. The number of ether oxygens (including phenoxy) is 1. The lowest BCUT2D eigenvalue weighted by Crippen LogP contribution is -2.38. The van der Waals surface area contributed by atoms with Crippen LogP contribution in [-0.2, 0) is 16.1 Å². The maximum absolute atomic E-state index is 14.0. The van der Waals surface area contributed by atoms with Crippen LogP contribution in [0.4, 0.5) is 22.9 Å². The quantitative estimate of drug-likeness (QED) is 0.787. The van der Waals surface area contributed by atoms with Crippen molar-refractivity contribution in [3.8, 4) is 0 Å². The molecule has 2 aromatic rings. The third kappa shape index (κ3) is 3.37. The number of carbonyl (C=O) groups excluding carboxylic acids is 1. The van der Waals surface area contributed by atoms with Gasteiger partial charge in [-0.2, -0.15) is 0 Å². The van der Waals surface area contributed by atoms with Crippen LogP contribution >= 0.6 is 0 Å². The SMILES string of the molecule is O=C([C@H]1CC[C@@H]2CCC[C@@H]21)N1Cc2cccnc2Nc2ccc(N3CCOCC3)cc21. The Kier molecular flexibility index (Phi) is 4.82. The van der Waals surface area contributed by atoms with E-state index in [-0.39, 0.29) is 5.92 Å². The molecule has 6 heteroatoms. The van der Waals surface area contributed by atoms with Crippen LogP contribution < -0.4 is 15.1 Å². The molecule has 3 atom stereocenters. The molecule has 0 bridgehead atoms. The lowest BCUT2D eigenvalue weighted by atomic mass is 9.90. The summed E-state index contributed by atoms with van der Waals surface area (Å²) in [5.74, 6) is 2.64. The van der Waals surface area contributed by atoms with Crippen molar-refractivity contribution in [2.75, 3.05) is 41.4 Å². The zero-order valence-electron chi connectivity index (χ0n) is 17.9. The van der Waals surface area contributed by atoms with Gasteiger partial charge in [-0.05, 0) is 55.4 Å². The molecular formula is C25H30N4O2. The fourth-order valence-electron chi connectivity index (χ4n) is 6.19. The number of benzene rings is 1. The van der Waals surface area contributed by atoms with Crippen molar-refractivity contribution in [1.29, 1.82) is 0 Å². The molecule has 1 N–H and O–H groups in total. The van der Waals surface area contributed by atoms with Gasteiger partial charge in [0.25, 0.3) is 0 Å². The first kappa shape index (κ1) is 19.1. The summed E-state index contributed by atoms with van der Waals surface area (Å²) < 4.78 is 5.54. The Labute approximate surface area is 183 Å². The molecule has 0 unspecified atom stereocenters. The largest absolute Gasteiger partial charge is 0.378 e. The normalized spacial score (nSPS) is 27.2. The molecule has 1 aromatic heterocycles. The van der Waals surface area contributed by atoms with E-state index in [1.54, 1.807) is 0 Å². The van der Waals surface area contributed by atoms with Crippen LogP contribution in [0.25, 0.3) is 0 Å². The molecule has 162 valence electrons. The molecule has 6 rings (SSSR count). The van der Waals surface area contributed by atoms with Crippen LogP contribution in [0.5, 0.6) is 0 Å². The fourth-order valence-corrected chi connectivity index (χ4v) is 6.19. The molecule has 1 saturated heterocycles. The van der Waals surface area contributed by atoms with Crippen LogP contribution in [0.1, 0.15) is 37.7 Å². The van der Waals surface area contributed by atoms with Gasteiger partial charge >= 0.3 is 0 Å². The van der Waals surface area contributed by atoms with Gasteiger partial charge in [0.15, 0.2) is 0 Å². The van der Waals surface area contributed by atoms with Gasteiger partial charge in [-0.15, -0.1) is 0 Å². The molecule has 3 fully saturated rings. The number of fused-ring (bicyclic) bond motifs is 3. The van der Waals surface area contributed by atoms with E-state index in [1.165, 1.54) is 25.7 Å². The Morgan fingerprint density at radius 2 is 2.00 bits per heavy atom. The van der Waals surface area contributed by atoms with Crippen LogP contribution in [0.15, 0.2) is 36.5 Å². The van der Waals surface area contributed by atoms with E-state index >= 15 is 0 Å².